The Morgan fingerprint density at radius 3 is 2.77 bits per heavy atom. The van der Waals surface area contributed by atoms with Crippen LogP contribution in [0.15, 0.2) is 59.0 Å². The zero-order valence-electron chi connectivity index (χ0n) is 22.8. The van der Waals surface area contributed by atoms with Crippen LogP contribution >= 0.6 is 11.3 Å². The summed E-state index contributed by atoms with van der Waals surface area (Å²) in [5.74, 6) is -2.75. The van der Waals surface area contributed by atoms with Crippen LogP contribution in [0.2, 0.25) is 0 Å². The molecular formula is C30H24F2N4O6S. The van der Waals surface area contributed by atoms with Crippen LogP contribution in [0.5, 0.6) is 5.75 Å². The molecule has 4 aromatic rings. The minimum Gasteiger partial charge on any atom is -0.451 e. The van der Waals surface area contributed by atoms with Crippen molar-refractivity contribution in [3.63, 3.8) is 0 Å². The summed E-state index contributed by atoms with van der Waals surface area (Å²) >= 11 is 1.33. The van der Waals surface area contributed by atoms with Crippen LogP contribution in [-0.2, 0) is 9.47 Å². The predicted octanol–water partition coefficient (Wildman–Crippen LogP) is 5.04. The van der Waals surface area contributed by atoms with Crippen LogP contribution in [0.3, 0.4) is 0 Å². The lowest BCUT2D eigenvalue weighted by molar-refractivity contribution is 0.0126. The maximum Gasteiger partial charge on any atom is 0.510 e. The molecule has 1 amide bonds. The average molecular weight is 607 g/mol. The number of ether oxygens (including phenoxy) is 3. The van der Waals surface area contributed by atoms with E-state index in [0.29, 0.717) is 29.1 Å². The number of pyridine rings is 1. The molecule has 13 heteroatoms. The summed E-state index contributed by atoms with van der Waals surface area (Å²) in [5, 5.41) is 1.93. The molecule has 0 spiro atoms. The Morgan fingerprint density at radius 1 is 1.09 bits per heavy atom. The molecule has 2 aromatic heterocycles. The van der Waals surface area contributed by atoms with E-state index in [1.807, 2.05) is 29.3 Å². The number of thiazole rings is 1. The topological polar surface area (TPSA) is 103 Å². The van der Waals surface area contributed by atoms with E-state index in [0.717, 1.165) is 37.1 Å². The highest BCUT2D eigenvalue weighted by atomic mass is 32.1. The molecule has 7 rings (SSSR count). The van der Waals surface area contributed by atoms with Gasteiger partial charge in [0.1, 0.15) is 6.17 Å². The fourth-order valence-electron chi connectivity index (χ4n) is 6.28. The Hall–Kier alpha value is -4.78. The number of halogens is 2. The molecule has 4 heterocycles. The van der Waals surface area contributed by atoms with E-state index in [1.165, 1.54) is 23.6 Å². The lowest BCUT2D eigenvalue weighted by atomic mass is 9.91. The van der Waals surface area contributed by atoms with Gasteiger partial charge in [-0.05, 0) is 42.0 Å². The number of hydrogen-bond donors (Lipinski definition) is 0. The van der Waals surface area contributed by atoms with Gasteiger partial charge in [0, 0.05) is 24.4 Å². The number of hydrogen-bond acceptors (Lipinski definition) is 9. The Labute approximate surface area is 247 Å². The van der Waals surface area contributed by atoms with Crippen LogP contribution in [0.1, 0.15) is 46.9 Å². The quantitative estimate of drug-likeness (QED) is 0.235. The number of rotatable bonds is 4. The Kier molecular flexibility index (Phi) is 6.61. The molecule has 0 saturated carbocycles. The van der Waals surface area contributed by atoms with Gasteiger partial charge in [-0.3, -0.25) is 19.3 Å². The maximum absolute atomic E-state index is 15.8. The molecule has 43 heavy (non-hydrogen) atoms. The van der Waals surface area contributed by atoms with Crippen molar-refractivity contribution < 1.29 is 32.6 Å². The minimum atomic E-state index is -1.02. The smallest absolute Gasteiger partial charge is 0.451 e. The molecular weight excluding hydrogens is 582 g/mol. The Bertz CT molecular complexity index is 1840. The van der Waals surface area contributed by atoms with Gasteiger partial charge in [-0.15, -0.1) is 11.3 Å². The van der Waals surface area contributed by atoms with E-state index < -0.39 is 48.1 Å². The molecule has 220 valence electrons. The summed E-state index contributed by atoms with van der Waals surface area (Å²) in [5.41, 5.74) is 3.37. The van der Waals surface area contributed by atoms with Crippen LogP contribution in [-0.4, -0.2) is 53.2 Å². The van der Waals surface area contributed by atoms with Crippen molar-refractivity contribution in [1.82, 2.24) is 14.6 Å². The summed E-state index contributed by atoms with van der Waals surface area (Å²) in [6.07, 6.45) is 2.14. The molecule has 0 radical (unpaired) electrons. The lowest BCUT2D eigenvalue weighted by Crippen LogP contribution is -2.63. The normalized spacial score (nSPS) is 18.4. The number of benzene rings is 2. The van der Waals surface area contributed by atoms with Crippen LogP contribution < -0.4 is 15.2 Å². The molecule has 0 unspecified atom stereocenters. The van der Waals surface area contributed by atoms with Crippen molar-refractivity contribution in [2.45, 2.75) is 31.5 Å². The summed E-state index contributed by atoms with van der Waals surface area (Å²) in [4.78, 5) is 45.4. The van der Waals surface area contributed by atoms with Gasteiger partial charge < -0.3 is 19.1 Å². The second kappa shape index (κ2) is 10.5. The summed E-state index contributed by atoms with van der Waals surface area (Å²) < 4.78 is 47.1. The zero-order valence-corrected chi connectivity index (χ0v) is 23.6. The molecule has 3 aliphatic rings. The lowest BCUT2D eigenvalue weighted by Gasteiger charge is -2.52. The van der Waals surface area contributed by atoms with Gasteiger partial charge in [-0.25, -0.2) is 18.6 Å². The van der Waals surface area contributed by atoms with Gasteiger partial charge in [0.05, 0.1) is 29.2 Å². The van der Waals surface area contributed by atoms with Gasteiger partial charge in [0.25, 0.3) is 5.91 Å². The van der Waals surface area contributed by atoms with E-state index in [9.17, 15) is 18.8 Å². The monoisotopic (exact) mass is 606 g/mol. The molecule has 10 nitrogen and oxygen atoms in total. The molecule has 1 aliphatic carbocycles. The van der Waals surface area contributed by atoms with E-state index in [1.54, 1.807) is 21.2 Å². The van der Waals surface area contributed by atoms with Crippen LogP contribution in [0, 0.1) is 11.6 Å². The minimum absolute atomic E-state index is 0.0438. The number of amides is 1. The maximum atomic E-state index is 15.8. The van der Waals surface area contributed by atoms with Crippen molar-refractivity contribution in [2.75, 3.05) is 25.5 Å². The first kappa shape index (κ1) is 27.1. The molecule has 2 aromatic carbocycles. The van der Waals surface area contributed by atoms with Crippen LogP contribution in [0.4, 0.5) is 13.6 Å². The zero-order chi connectivity index (χ0) is 29.8. The third-order valence-corrected chi connectivity index (χ3v) is 8.92. The van der Waals surface area contributed by atoms with Gasteiger partial charge in [0.15, 0.2) is 17.3 Å². The molecule has 2 atom stereocenters. The van der Waals surface area contributed by atoms with Gasteiger partial charge in [-0.2, -0.15) is 0 Å². The second-order valence-corrected chi connectivity index (χ2v) is 11.1. The summed E-state index contributed by atoms with van der Waals surface area (Å²) in [7, 11) is 1.13. The molecule has 2 aliphatic heterocycles. The first-order valence-electron chi connectivity index (χ1n) is 13.6. The van der Waals surface area contributed by atoms with Crippen molar-refractivity contribution in [3.8, 4) is 27.4 Å². The fourth-order valence-corrected chi connectivity index (χ4v) is 7.12. The first-order chi connectivity index (χ1) is 20.9. The molecule has 1 saturated heterocycles. The van der Waals surface area contributed by atoms with Crippen molar-refractivity contribution >= 4 is 23.4 Å². The van der Waals surface area contributed by atoms with Crippen molar-refractivity contribution in [1.29, 1.82) is 0 Å². The summed E-state index contributed by atoms with van der Waals surface area (Å²) in [6, 6.07) is 10.8. The number of carbonyl (C=O) groups excluding carboxylic acids is 2. The summed E-state index contributed by atoms with van der Waals surface area (Å²) in [6.45, 7) is -0.254. The third kappa shape index (κ3) is 4.17. The molecule has 0 bridgehead atoms. The van der Waals surface area contributed by atoms with E-state index in [-0.39, 0.29) is 17.0 Å². The third-order valence-electron chi connectivity index (χ3n) is 8.06. The highest BCUT2D eigenvalue weighted by Gasteiger charge is 2.46. The van der Waals surface area contributed by atoms with Gasteiger partial charge in [-0.1, -0.05) is 30.3 Å². The molecule has 1 fully saturated rings. The van der Waals surface area contributed by atoms with E-state index >= 15 is 4.39 Å². The number of nitrogens with zero attached hydrogens (tertiary/aromatic N) is 4. The number of piperidine rings is 1. The Balaban J connectivity index is 1.49. The predicted molar refractivity (Wildman–Crippen MR) is 151 cm³/mol. The van der Waals surface area contributed by atoms with Crippen LogP contribution in [0.25, 0.3) is 21.7 Å². The van der Waals surface area contributed by atoms with Crippen molar-refractivity contribution in [3.05, 3.63) is 92.9 Å². The number of fused-ring (bicyclic) bond motifs is 7. The average Bonchev–Trinajstić information content (AvgIpc) is 3.47. The first-order valence-corrected chi connectivity index (χ1v) is 14.5. The van der Waals surface area contributed by atoms with Gasteiger partial charge >= 0.3 is 6.16 Å². The van der Waals surface area contributed by atoms with E-state index in [4.69, 9.17) is 9.47 Å². The number of methoxy groups -OCH3 is 1. The highest BCUT2D eigenvalue weighted by molar-refractivity contribution is 7.13. The SMILES string of the molecule is COC(=O)OCOc1c2n(ccc1=O)N([C@H]1c3ccccc3-c3scnc3-c3c1ccc(F)c3F)[C@@H]1CCCCN1C2=O. The number of aromatic nitrogens is 2. The second-order valence-electron chi connectivity index (χ2n) is 10.3. The fraction of sp³-hybridized carbons (Fsp3) is 0.267. The Morgan fingerprint density at radius 2 is 1.93 bits per heavy atom. The van der Waals surface area contributed by atoms with Crippen molar-refractivity contribution in [2.24, 2.45) is 0 Å². The van der Waals surface area contributed by atoms with Gasteiger partial charge in [0.2, 0.25) is 18.0 Å². The van der Waals surface area contributed by atoms with E-state index in [2.05, 4.69) is 9.72 Å². The largest absolute Gasteiger partial charge is 0.510 e. The number of carbonyl (C=O) groups is 2. The molecule has 0 N–H and O–H groups in total. The highest BCUT2D eigenvalue weighted by Crippen LogP contribution is 2.50. The standard InChI is InChI=1S/C30H24F2N4O6S/c1-40-30(39)42-15-41-27-20(37)11-13-35-26(27)29(38)34-12-5-4-8-21(34)36(35)25-16-6-2-3-7-17(16)28-24(33-14-43-28)22-18(25)9-10-19(31)23(22)32/h2-3,6-7,9-11,13-14,21,25H,4-5,8,12,15H2,1H3/t21-,25+/m1/s1.